The second-order valence-corrected chi connectivity index (χ2v) is 12.0. The summed E-state index contributed by atoms with van der Waals surface area (Å²) < 4.78 is 26.1. The van der Waals surface area contributed by atoms with E-state index in [4.69, 9.17) is 19.3 Å². The van der Waals surface area contributed by atoms with Crippen molar-refractivity contribution in [1.29, 1.82) is 0 Å². The van der Waals surface area contributed by atoms with Crippen molar-refractivity contribution in [2.45, 2.75) is 155 Å². The summed E-state index contributed by atoms with van der Waals surface area (Å²) in [6, 6.07) is 0. The van der Waals surface area contributed by atoms with E-state index in [1.165, 1.54) is 64.2 Å². The summed E-state index contributed by atoms with van der Waals surface area (Å²) in [4.78, 5) is 42.3. The van der Waals surface area contributed by atoms with Gasteiger partial charge >= 0.3 is 19.8 Å². The normalized spacial score (nSPS) is 12.8. The Morgan fingerprint density at radius 1 is 0.634 bits per heavy atom. The molecule has 0 aliphatic rings. The highest BCUT2D eigenvalue weighted by Gasteiger charge is 2.22. The van der Waals surface area contributed by atoms with E-state index in [-0.39, 0.29) is 19.4 Å². The number of allylic oxidation sites excluding steroid dienone is 4. The molecule has 1 atom stereocenters. The lowest BCUT2D eigenvalue weighted by Gasteiger charge is -2.18. The molecule has 0 unspecified atom stereocenters. The molecule has 0 aromatic carbocycles. The zero-order chi connectivity index (χ0) is 30.4. The number of phosphoric acid groups is 1. The Bertz CT molecular complexity index is 731. The first-order valence-electron chi connectivity index (χ1n) is 16.1. The first-order chi connectivity index (χ1) is 19.8. The summed E-state index contributed by atoms with van der Waals surface area (Å²) in [5.74, 6) is -0.928. The van der Waals surface area contributed by atoms with Crippen molar-refractivity contribution >= 4 is 19.8 Å². The largest absolute Gasteiger partial charge is 0.469 e. The highest BCUT2D eigenvalue weighted by molar-refractivity contribution is 7.46. The van der Waals surface area contributed by atoms with Crippen LogP contribution in [-0.2, 0) is 28.2 Å². The van der Waals surface area contributed by atoms with E-state index in [1.54, 1.807) is 0 Å². The third kappa shape index (κ3) is 31.3. The molecule has 0 saturated carbocycles. The van der Waals surface area contributed by atoms with Gasteiger partial charge in [0.15, 0.2) is 6.10 Å². The Labute approximate surface area is 249 Å². The molecule has 240 valence electrons. The zero-order valence-electron chi connectivity index (χ0n) is 25.9. The lowest BCUT2D eigenvalue weighted by molar-refractivity contribution is -0.161. The molecule has 0 bridgehead atoms. The van der Waals surface area contributed by atoms with Gasteiger partial charge in [0.25, 0.3) is 0 Å². The molecule has 0 aromatic rings. The van der Waals surface area contributed by atoms with Crippen LogP contribution in [0.2, 0.25) is 0 Å². The lowest BCUT2D eigenvalue weighted by Crippen LogP contribution is -2.29. The number of carbonyl (C=O) groups is 2. The number of phosphoric ester groups is 1. The molecule has 9 heteroatoms. The van der Waals surface area contributed by atoms with Crippen molar-refractivity contribution in [3.63, 3.8) is 0 Å². The lowest BCUT2D eigenvalue weighted by atomic mass is 10.1. The highest BCUT2D eigenvalue weighted by atomic mass is 31.2. The fraction of sp³-hybridized carbons (Fsp3) is 0.812. The molecule has 0 spiro atoms. The Morgan fingerprint density at radius 3 is 1.66 bits per heavy atom. The Kier molecular flexibility index (Phi) is 27.6. The molecule has 0 aliphatic heterocycles. The minimum atomic E-state index is -4.74. The monoisotopic (exact) mass is 602 g/mol. The molecule has 0 aliphatic carbocycles. The summed E-state index contributed by atoms with van der Waals surface area (Å²) >= 11 is 0. The molecule has 0 radical (unpaired) electrons. The molecule has 0 aromatic heterocycles. The van der Waals surface area contributed by atoms with E-state index in [2.05, 4.69) is 42.7 Å². The van der Waals surface area contributed by atoms with E-state index >= 15 is 0 Å². The molecule has 0 fully saturated rings. The van der Waals surface area contributed by atoms with Gasteiger partial charge in [-0.3, -0.25) is 14.1 Å². The minimum Gasteiger partial charge on any atom is -0.462 e. The SMILES string of the molecule is CCCCCCCC/C=C/C/C=C/CCCCC(=O)OC[C@H](COP(=O)(O)O)OC(=O)CCCCCCCCCC. The van der Waals surface area contributed by atoms with Gasteiger partial charge < -0.3 is 19.3 Å². The fourth-order valence-corrected chi connectivity index (χ4v) is 4.64. The van der Waals surface area contributed by atoms with Crippen LogP contribution in [0, 0.1) is 0 Å². The van der Waals surface area contributed by atoms with Crippen molar-refractivity contribution in [2.75, 3.05) is 13.2 Å². The number of ether oxygens (including phenoxy) is 2. The van der Waals surface area contributed by atoms with E-state index < -0.39 is 32.5 Å². The van der Waals surface area contributed by atoms with E-state index in [0.717, 1.165) is 44.9 Å². The summed E-state index contributed by atoms with van der Waals surface area (Å²) in [6.45, 7) is 3.58. The maximum Gasteiger partial charge on any atom is 0.469 e. The predicted molar refractivity (Wildman–Crippen MR) is 165 cm³/mol. The van der Waals surface area contributed by atoms with Crippen LogP contribution in [0.3, 0.4) is 0 Å². The van der Waals surface area contributed by atoms with Crippen LogP contribution in [0.15, 0.2) is 24.3 Å². The summed E-state index contributed by atoms with van der Waals surface area (Å²) in [6.07, 6.45) is 29.2. The van der Waals surface area contributed by atoms with Gasteiger partial charge in [-0.2, -0.15) is 0 Å². The average Bonchev–Trinajstić information content (AvgIpc) is 2.93. The third-order valence-corrected chi connectivity index (χ3v) is 7.21. The molecule has 2 N–H and O–H groups in total. The van der Waals surface area contributed by atoms with Crippen LogP contribution in [0.4, 0.5) is 0 Å². The number of hydrogen-bond acceptors (Lipinski definition) is 6. The first-order valence-corrected chi connectivity index (χ1v) is 17.7. The van der Waals surface area contributed by atoms with Crippen LogP contribution in [0.1, 0.15) is 149 Å². The van der Waals surface area contributed by atoms with Gasteiger partial charge in [-0.05, 0) is 44.9 Å². The van der Waals surface area contributed by atoms with Gasteiger partial charge in [0.1, 0.15) is 6.61 Å². The minimum absolute atomic E-state index is 0.206. The Morgan fingerprint density at radius 2 is 1.10 bits per heavy atom. The second kappa shape index (κ2) is 28.6. The standard InChI is InChI=1S/C32H59O8P/c1-3-5-7-9-11-13-14-15-16-17-18-19-21-22-24-26-31(33)38-28-30(29-39-41(35,36)37)40-32(34)27-25-23-20-12-10-8-6-4-2/h15-16,18-19,30H,3-14,17,20-29H2,1-2H3,(H2,35,36,37)/b16-15+,19-18+/t30-/m1/s1. The summed E-state index contributed by atoms with van der Waals surface area (Å²) in [7, 11) is -4.74. The van der Waals surface area contributed by atoms with Crippen molar-refractivity contribution in [1.82, 2.24) is 0 Å². The second-order valence-electron chi connectivity index (χ2n) is 10.8. The van der Waals surface area contributed by atoms with Gasteiger partial charge in [-0.1, -0.05) is 115 Å². The van der Waals surface area contributed by atoms with E-state index in [1.807, 2.05) is 0 Å². The van der Waals surface area contributed by atoms with Crippen LogP contribution in [0.25, 0.3) is 0 Å². The molecular formula is C32H59O8P. The number of carbonyl (C=O) groups excluding carboxylic acids is 2. The Balaban J connectivity index is 4.06. The quantitative estimate of drug-likeness (QED) is 0.0377. The zero-order valence-corrected chi connectivity index (χ0v) is 26.8. The summed E-state index contributed by atoms with van der Waals surface area (Å²) in [5, 5.41) is 0. The maximum absolute atomic E-state index is 12.2. The number of esters is 2. The summed E-state index contributed by atoms with van der Waals surface area (Å²) in [5.41, 5.74) is 0. The Hall–Kier alpha value is -1.47. The van der Waals surface area contributed by atoms with E-state index in [0.29, 0.717) is 12.8 Å². The topological polar surface area (TPSA) is 119 Å². The molecule has 41 heavy (non-hydrogen) atoms. The fourth-order valence-electron chi connectivity index (χ4n) is 4.28. The number of rotatable bonds is 29. The van der Waals surface area contributed by atoms with Crippen molar-refractivity contribution in [2.24, 2.45) is 0 Å². The van der Waals surface area contributed by atoms with Gasteiger partial charge in [0, 0.05) is 12.8 Å². The molecule has 0 amide bonds. The maximum atomic E-state index is 12.2. The number of hydrogen-bond donors (Lipinski definition) is 2. The molecule has 8 nitrogen and oxygen atoms in total. The number of unbranched alkanes of at least 4 members (excludes halogenated alkanes) is 15. The van der Waals surface area contributed by atoms with Gasteiger partial charge in [0.2, 0.25) is 0 Å². The first kappa shape index (κ1) is 39.5. The molecule has 0 rings (SSSR count). The van der Waals surface area contributed by atoms with Crippen molar-refractivity contribution in [3.8, 4) is 0 Å². The highest BCUT2D eigenvalue weighted by Crippen LogP contribution is 2.35. The average molecular weight is 603 g/mol. The van der Waals surface area contributed by atoms with Gasteiger partial charge in [-0.25, -0.2) is 4.57 Å². The predicted octanol–water partition coefficient (Wildman–Crippen LogP) is 8.90. The van der Waals surface area contributed by atoms with Crippen LogP contribution < -0.4 is 0 Å². The van der Waals surface area contributed by atoms with Crippen LogP contribution in [-0.4, -0.2) is 41.0 Å². The van der Waals surface area contributed by atoms with Gasteiger partial charge in [-0.15, -0.1) is 0 Å². The van der Waals surface area contributed by atoms with Crippen molar-refractivity contribution < 1.29 is 37.9 Å². The van der Waals surface area contributed by atoms with Crippen molar-refractivity contribution in [3.05, 3.63) is 24.3 Å². The molecule has 0 saturated heterocycles. The van der Waals surface area contributed by atoms with Crippen LogP contribution in [0.5, 0.6) is 0 Å². The molecular weight excluding hydrogens is 543 g/mol. The van der Waals surface area contributed by atoms with Gasteiger partial charge in [0.05, 0.1) is 6.61 Å². The van der Waals surface area contributed by atoms with E-state index in [9.17, 15) is 14.2 Å². The molecule has 0 heterocycles. The smallest absolute Gasteiger partial charge is 0.462 e. The van der Waals surface area contributed by atoms with Crippen LogP contribution >= 0.6 is 7.82 Å². The third-order valence-electron chi connectivity index (χ3n) is 6.72.